The van der Waals surface area contributed by atoms with E-state index in [4.69, 9.17) is 4.74 Å². The van der Waals surface area contributed by atoms with Gasteiger partial charge in [-0.25, -0.2) is 0 Å². The number of ketones is 1. The minimum atomic E-state index is -0.0750. The standard InChI is InChI=1S/C18H17NO3/c1-12-4-3-5-15(10-12)18(21)19-8-9-22-17-7-6-14(13(2)20)11-16(17)19/h3-7,10-11H,8-9H2,1-2H3. The number of carbonyl (C=O) groups is 2. The molecule has 0 unspecified atom stereocenters. The van der Waals surface area contributed by atoms with E-state index in [1.54, 1.807) is 29.2 Å². The average molecular weight is 295 g/mol. The summed E-state index contributed by atoms with van der Waals surface area (Å²) in [6.07, 6.45) is 0. The monoisotopic (exact) mass is 295 g/mol. The summed E-state index contributed by atoms with van der Waals surface area (Å²) < 4.78 is 5.59. The van der Waals surface area contributed by atoms with Crippen molar-refractivity contribution >= 4 is 17.4 Å². The maximum absolute atomic E-state index is 12.8. The van der Waals surface area contributed by atoms with Gasteiger partial charge in [-0.3, -0.25) is 9.59 Å². The summed E-state index contributed by atoms with van der Waals surface area (Å²) in [5, 5.41) is 0. The SMILES string of the molecule is CC(=O)c1ccc2c(c1)N(C(=O)c1cccc(C)c1)CCO2. The van der Waals surface area contributed by atoms with Crippen LogP contribution >= 0.6 is 0 Å². The molecule has 3 rings (SSSR count). The van der Waals surface area contributed by atoms with Crippen LogP contribution in [0.25, 0.3) is 0 Å². The Hall–Kier alpha value is -2.62. The third-order valence-electron chi connectivity index (χ3n) is 3.74. The van der Waals surface area contributed by atoms with E-state index in [-0.39, 0.29) is 11.7 Å². The number of anilines is 1. The molecule has 2 aromatic rings. The third-order valence-corrected chi connectivity index (χ3v) is 3.74. The first-order valence-corrected chi connectivity index (χ1v) is 7.22. The number of Topliss-reactive ketones (excluding diaryl/α,β-unsaturated/α-hetero) is 1. The van der Waals surface area contributed by atoms with Crippen molar-refractivity contribution in [3.8, 4) is 5.75 Å². The Balaban J connectivity index is 2.02. The molecule has 0 radical (unpaired) electrons. The minimum absolute atomic E-state index is 0.0312. The molecule has 0 saturated heterocycles. The molecule has 1 heterocycles. The smallest absolute Gasteiger partial charge is 0.258 e. The number of rotatable bonds is 2. The lowest BCUT2D eigenvalue weighted by atomic mass is 10.1. The van der Waals surface area contributed by atoms with Crippen molar-refractivity contribution in [1.29, 1.82) is 0 Å². The van der Waals surface area contributed by atoms with Crippen molar-refractivity contribution in [2.24, 2.45) is 0 Å². The quantitative estimate of drug-likeness (QED) is 0.799. The summed E-state index contributed by atoms with van der Waals surface area (Å²) in [4.78, 5) is 26.0. The van der Waals surface area contributed by atoms with E-state index in [9.17, 15) is 9.59 Å². The van der Waals surface area contributed by atoms with Gasteiger partial charge in [0.1, 0.15) is 12.4 Å². The largest absolute Gasteiger partial charge is 0.490 e. The molecule has 2 aromatic carbocycles. The Morgan fingerprint density at radius 2 is 1.91 bits per heavy atom. The van der Waals surface area contributed by atoms with Crippen LogP contribution in [0.5, 0.6) is 5.75 Å². The molecule has 112 valence electrons. The fourth-order valence-electron chi connectivity index (χ4n) is 2.58. The molecule has 0 spiro atoms. The first kappa shape index (κ1) is 14.3. The topological polar surface area (TPSA) is 46.6 Å². The summed E-state index contributed by atoms with van der Waals surface area (Å²) in [6.45, 7) is 4.39. The van der Waals surface area contributed by atoms with Gasteiger partial charge in [0.25, 0.3) is 5.91 Å². The Morgan fingerprint density at radius 1 is 1.09 bits per heavy atom. The maximum atomic E-state index is 12.8. The van der Waals surface area contributed by atoms with E-state index in [2.05, 4.69) is 0 Å². The van der Waals surface area contributed by atoms with Crippen molar-refractivity contribution in [2.45, 2.75) is 13.8 Å². The number of fused-ring (bicyclic) bond motifs is 1. The molecule has 0 saturated carbocycles. The van der Waals surface area contributed by atoms with Crippen molar-refractivity contribution in [3.05, 3.63) is 59.2 Å². The number of aryl methyl sites for hydroxylation is 1. The third kappa shape index (κ3) is 2.60. The highest BCUT2D eigenvalue weighted by Gasteiger charge is 2.25. The Labute approximate surface area is 129 Å². The van der Waals surface area contributed by atoms with Gasteiger partial charge in [-0.05, 0) is 44.2 Å². The highest BCUT2D eigenvalue weighted by Crippen LogP contribution is 2.33. The van der Waals surface area contributed by atoms with E-state index in [0.717, 1.165) is 5.56 Å². The minimum Gasteiger partial charge on any atom is -0.490 e. The number of nitrogens with zero attached hydrogens (tertiary/aromatic N) is 1. The summed E-state index contributed by atoms with van der Waals surface area (Å²) >= 11 is 0. The molecule has 1 aliphatic heterocycles. The normalized spacial score (nSPS) is 13.3. The van der Waals surface area contributed by atoms with Crippen LogP contribution in [-0.4, -0.2) is 24.8 Å². The Morgan fingerprint density at radius 3 is 2.64 bits per heavy atom. The van der Waals surface area contributed by atoms with Crippen LogP contribution in [0, 0.1) is 6.92 Å². The molecule has 0 aromatic heterocycles. The number of carbonyl (C=O) groups excluding carboxylic acids is 2. The van der Waals surface area contributed by atoms with E-state index in [1.807, 2.05) is 25.1 Å². The second-order valence-electron chi connectivity index (χ2n) is 5.41. The summed E-state index contributed by atoms with van der Waals surface area (Å²) in [5.41, 5.74) is 2.91. The van der Waals surface area contributed by atoms with Crippen molar-refractivity contribution in [3.63, 3.8) is 0 Å². The van der Waals surface area contributed by atoms with Crippen LogP contribution in [0.1, 0.15) is 33.2 Å². The summed E-state index contributed by atoms with van der Waals surface area (Å²) in [5.74, 6) is 0.530. The highest BCUT2D eigenvalue weighted by atomic mass is 16.5. The lowest BCUT2D eigenvalue weighted by Crippen LogP contribution is -2.38. The second-order valence-corrected chi connectivity index (χ2v) is 5.41. The van der Waals surface area contributed by atoms with Gasteiger partial charge < -0.3 is 9.64 Å². The van der Waals surface area contributed by atoms with Gasteiger partial charge in [0.2, 0.25) is 0 Å². The molecule has 0 N–H and O–H groups in total. The zero-order valence-corrected chi connectivity index (χ0v) is 12.6. The number of hydrogen-bond acceptors (Lipinski definition) is 3. The molecular weight excluding hydrogens is 278 g/mol. The molecule has 0 fully saturated rings. The Bertz CT molecular complexity index is 752. The highest BCUT2D eigenvalue weighted by molar-refractivity contribution is 6.08. The average Bonchev–Trinajstić information content (AvgIpc) is 2.53. The Kier molecular flexibility index (Phi) is 3.67. The van der Waals surface area contributed by atoms with Crippen LogP contribution in [-0.2, 0) is 0 Å². The maximum Gasteiger partial charge on any atom is 0.258 e. The molecule has 1 aliphatic rings. The van der Waals surface area contributed by atoms with Gasteiger partial charge in [-0.2, -0.15) is 0 Å². The lowest BCUT2D eigenvalue weighted by Gasteiger charge is -2.30. The number of hydrogen-bond donors (Lipinski definition) is 0. The van der Waals surface area contributed by atoms with Gasteiger partial charge in [-0.15, -0.1) is 0 Å². The summed E-state index contributed by atoms with van der Waals surface area (Å²) in [7, 11) is 0. The molecular formula is C18H17NO3. The molecule has 0 bridgehead atoms. The number of ether oxygens (including phenoxy) is 1. The van der Waals surface area contributed by atoms with E-state index >= 15 is 0 Å². The van der Waals surface area contributed by atoms with Crippen LogP contribution in [0.15, 0.2) is 42.5 Å². The predicted molar refractivity (Wildman–Crippen MR) is 84.8 cm³/mol. The first-order chi connectivity index (χ1) is 10.6. The van der Waals surface area contributed by atoms with Crippen molar-refractivity contribution in [2.75, 3.05) is 18.1 Å². The molecule has 22 heavy (non-hydrogen) atoms. The zero-order chi connectivity index (χ0) is 15.7. The molecule has 0 aliphatic carbocycles. The van der Waals surface area contributed by atoms with Crippen molar-refractivity contribution in [1.82, 2.24) is 0 Å². The fraction of sp³-hybridized carbons (Fsp3) is 0.222. The van der Waals surface area contributed by atoms with Crippen LogP contribution in [0.4, 0.5) is 5.69 Å². The summed E-state index contributed by atoms with van der Waals surface area (Å²) in [6, 6.07) is 12.7. The molecule has 4 nitrogen and oxygen atoms in total. The lowest BCUT2D eigenvalue weighted by molar-refractivity contribution is 0.0973. The van der Waals surface area contributed by atoms with Gasteiger partial charge in [0.15, 0.2) is 5.78 Å². The van der Waals surface area contributed by atoms with E-state index in [0.29, 0.717) is 35.7 Å². The van der Waals surface area contributed by atoms with Gasteiger partial charge >= 0.3 is 0 Å². The van der Waals surface area contributed by atoms with Crippen LogP contribution in [0.2, 0.25) is 0 Å². The van der Waals surface area contributed by atoms with Gasteiger partial charge in [0.05, 0.1) is 12.2 Å². The van der Waals surface area contributed by atoms with Crippen LogP contribution in [0.3, 0.4) is 0 Å². The van der Waals surface area contributed by atoms with E-state index < -0.39 is 0 Å². The molecule has 1 amide bonds. The predicted octanol–water partition coefficient (Wildman–Crippen LogP) is 3.24. The molecule has 0 atom stereocenters. The fourth-order valence-corrected chi connectivity index (χ4v) is 2.58. The molecule has 4 heteroatoms. The van der Waals surface area contributed by atoms with Gasteiger partial charge in [0, 0.05) is 11.1 Å². The first-order valence-electron chi connectivity index (χ1n) is 7.22. The number of amides is 1. The number of benzene rings is 2. The van der Waals surface area contributed by atoms with Gasteiger partial charge in [-0.1, -0.05) is 17.7 Å². The van der Waals surface area contributed by atoms with E-state index in [1.165, 1.54) is 6.92 Å². The zero-order valence-electron chi connectivity index (χ0n) is 12.6. The van der Waals surface area contributed by atoms with Crippen LogP contribution < -0.4 is 9.64 Å². The second kappa shape index (κ2) is 5.64. The van der Waals surface area contributed by atoms with Crippen molar-refractivity contribution < 1.29 is 14.3 Å².